The van der Waals surface area contributed by atoms with E-state index in [1.807, 2.05) is 24.3 Å². The molecule has 1 aromatic heterocycles. The summed E-state index contributed by atoms with van der Waals surface area (Å²) in [5.41, 5.74) is 5.16. The summed E-state index contributed by atoms with van der Waals surface area (Å²) in [4.78, 5) is 25.0. The number of carbonyl (C=O) groups excluding carboxylic acids is 2. The number of carbonyl (C=O) groups is 2. The minimum atomic E-state index is -0.384. The number of primary amides is 1. The van der Waals surface area contributed by atoms with Crippen molar-refractivity contribution in [1.29, 1.82) is 0 Å². The minimum absolute atomic E-state index is 0.0471. The van der Waals surface area contributed by atoms with Crippen LogP contribution in [0.1, 0.15) is 12.2 Å². The number of hydrogen-bond donors (Lipinski definition) is 1. The van der Waals surface area contributed by atoms with Crippen LogP contribution in [-0.4, -0.2) is 63.5 Å². The molecule has 0 aliphatic carbocycles. The van der Waals surface area contributed by atoms with E-state index >= 15 is 0 Å². The quantitative estimate of drug-likeness (QED) is 0.641. The molecule has 0 saturated heterocycles. The molecule has 150 valence electrons. The van der Waals surface area contributed by atoms with E-state index in [4.69, 9.17) is 15.2 Å². The van der Waals surface area contributed by atoms with Crippen molar-refractivity contribution in [2.45, 2.75) is 24.1 Å². The number of aryl methyl sites for hydroxylation is 1. The van der Waals surface area contributed by atoms with Crippen molar-refractivity contribution in [3.8, 4) is 11.5 Å². The van der Waals surface area contributed by atoms with Gasteiger partial charge in [-0.05, 0) is 12.1 Å². The van der Waals surface area contributed by atoms with Crippen molar-refractivity contribution >= 4 is 23.6 Å². The summed E-state index contributed by atoms with van der Waals surface area (Å²) in [5, 5.41) is 8.74. The molecule has 1 aliphatic rings. The number of ether oxygens (including phenoxy) is 2. The van der Waals surface area contributed by atoms with Crippen LogP contribution in [0.25, 0.3) is 0 Å². The Hall–Kier alpha value is -2.75. The van der Waals surface area contributed by atoms with Gasteiger partial charge in [0.25, 0.3) is 0 Å². The van der Waals surface area contributed by atoms with E-state index in [0.29, 0.717) is 36.3 Å². The van der Waals surface area contributed by atoms with Crippen LogP contribution < -0.4 is 15.2 Å². The normalized spacial score (nSPS) is 15.3. The lowest BCUT2D eigenvalue weighted by Gasteiger charge is -2.29. The number of aromatic nitrogens is 3. The van der Waals surface area contributed by atoms with Gasteiger partial charge in [0.15, 0.2) is 22.8 Å². The molecule has 1 aliphatic heterocycles. The van der Waals surface area contributed by atoms with Crippen LogP contribution in [0.5, 0.6) is 11.5 Å². The number of fused-ring (bicyclic) bond motifs is 1. The van der Waals surface area contributed by atoms with Crippen molar-refractivity contribution in [3.05, 3.63) is 30.1 Å². The van der Waals surface area contributed by atoms with Gasteiger partial charge >= 0.3 is 0 Å². The Bertz CT molecular complexity index is 856. The third-order valence-electron chi connectivity index (χ3n) is 4.32. The Morgan fingerprint density at radius 3 is 2.82 bits per heavy atom. The SMILES string of the molecule is CN(C[C@H]1COc2ccccc2O1)C(=O)CSc1nnc(CCC(N)=O)n1C. The van der Waals surface area contributed by atoms with Crippen LogP contribution in [0.3, 0.4) is 0 Å². The van der Waals surface area contributed by atoms with E-state index in [1.54, 1.807) is 23.6 Å². The summed E-state index contributed by atoms with van der Waals surface area (Å²) in [6.45, 7) is 0.824. The van der Waals surface area contributed by atoms with Crippen LogP contribution in [0, 0.1) is 0 Å². The van der Waals surface area contributed by atoms with Gasteiger partial charge in [0.1, 0.15) is 12.4 Å². The van der Waals surface area contributed by atoms with Gasteiger partial charge in [-0.25, -0.2) is 0 Å². The number of rotatable bonds is 8. The molecule has 2 N–H and O–H groups in total. The molecule has 2 heterocycles. The van der Waals surface area contributed by atoms with Crippen LogP contribution in [0.15, 0.2) is 29.4 Å². The lowest BCUT2D eigenvalue weighted by molar-refractivity contribution is -0.128. The van der Waals surface area contributed by atoms with E-state index in [9.17, 15) is 9.59 Å². The molecule has 0 unspecified atom stereocenters. The zero-order valence-corrected chi connectivity index (χ0v) is 16.6. The highest BCUT2D eigenvalue weighted by atomic mass is 32.2. The lowest BCUT2D eigenvalue weighted by atomic mass is 10.2. The summed E-state index contributed by atoms with van der Waals surface area (Å²) in [6.07, 6.45) is 0.419. The largest absolute Gasteiger partial charge is 0.486 e. The molecule has 2 amide bonds. The van der Waals surface area contributed by atoms with Gasteiger partial charge in [-0.2, -0.15) is 0 Å². The van der Waals surface area contributed by atoms with Crippen LogP contribution >= 0.6 is 11.8 Å². The predicted molar refractivity (Wildman–Crippen MR) is 103 cm³/mol. The maximum atomic E-state index is 12.5. The summed E-state index contributed by atoms with van der Waals surface area (Å²) in [7, 11) is 3.54. The number of hydrogen-bond acceptors (Lipinski definition) is 7. The fraction of sp³-hybridized carbons (Fsp3) is 0.444. The molecule has 9 nitrogen and oxygen atoms in total. The molecule has 0 saturated carbocycles. The fourth-order valence-electron chi connectivity index (χ4n) is 2.72. The minimum Gasteiger partial charge on any atom is -0.486 e. The first-order valence-corrected chi connectivity index (χ1v) is 9.84. The molecule has 0 fully saturated rings. The first-order valence-electron chi connectivity index (χ1n) is 8.86. The number of nitrogens with two attached hydrogens (primary N) is 1. The van der Waals surface area contributed by atoms with Gasteiger partial charge in [0, 0.05) is 26.9 Å². The monoisotopic (exact) mass is 405 g/mol. The first kappa shape index (κ1) is 20.0. The molecule has 3 rings (SSSR count). The van der Waals surface area contributed by atoms with E-state index < -0.39 is 0 Å². The summed E-state index contributed by atoms with van der Waals surface area (Å²) >= 11 is 1.30. The Morgan fingerprint density at radius 2 is 2.07 bits per heavy atom. The number of likely N-dealkylation sites (N-methyl/N-ethyl adjacent to an activating group) is 1. The summed E-state index contributed by atoms with van der Waals surface area (Å²) in [6, 6.07) is 7.48. The fourth-order valence-corrected chi connectivity index (χ4v) is 3.59. The standard InChI is InChI=1S/C18H23N5O4S/c1-22(9-12-10-26-13-5-3-4-6-14(13)27-12)17(25)11-28-18-21-20-16(23(18)2)8-7-15(19)24/h3-6,12H,7-11H2,1-2H3,(H2,19,24)/t12-/m0/s1. The molecule has 0 bridgehead atoms. The van der Waals surface area contributed by atoms with E-state index in [0.717, 1.165) is 5.75 Å². The van der Waals surface area contributed by atoms with Crippen LogP contribution in [0.4, 0.5) is 0 Å². The summed E-state index contributed by atoms with van der Waals surface area (Å²) < 4.78 is 13.3. The second-order valence-corrected chi connectivity index (χ2v) is 7.43. The van der Waals surface area contributed by atoms with Crippen molar-refractivity contribution in [3.63, 3.8) is 0 Å². The number of para-hydroxylation sites is 2. The van der Waals surface area contributed by atoms with Crippen LogP contribution in [-0.2, 0) is 23.1 Å². The van der Waals surface area contributed by atoms with Gasteiger partial charge in [0.05, 0.1) is 12.3 Å². The van der Waals surface area contributed by atoms with E-state index in [-0.39, 0.29) is 30.1 Å². The Labute approximate surface area is 167 Å². The second kappa shape index (κ2) is 8.96. The van der Waals surface area contributed by atoms with Crippen molar-refractivity contribution in [2.24, 2.45) is 12.8 Å². The van der Waals surface area contributed by atoms with Crippen molar-refractivity contribution < 1.29 is 19.1 Å². The third-order valence-corrected chi connectivity index (χ3v) is 5.32. The second-order valence-electron chi connectivity index (χ2n) is 6.48. The van der Waals surface area contributed by atoms with Gasteiger partial charge < -0.3 is 24.7 Å². The first-order chi connectivity index (χ1) is 13.4. The Morgan fingerprint density at radius 1 is 1.32 bits per heavy atom. The van der Waals surface area contributed by atoms with Gasteiger partial charge in [-0.3, -0.25) is 9.59 Å². The molecule has 28 heavy (non-hydrogen) atoms. The highest BCUT2D eigenvalue weighted by molar-refractivity contribution is 7.99. The average Bonchev–Trinajstić information content (AvgIpc) is 3.04. The van der Waals surface area contributed by atoms with Gasteiger partial charge in [-0.1, -0.05) is 23.9 Å². The highest BCUT2D eigenvalue weighted by Gasteiger charge is 2.24. The molecular formula is C18H23N5O4S. The smallest absolute Gasteiger partial charge is 0.232 e. The zero-order valence-electron chi connectivity index (χ0n) is 15.8. The lowest BCUT2D eigenvalue weighted by Crippen LogP contribution is -2.42. The molecule has 10 heteroatoms. The molecule has 1 aromatic carbocycles. The Kier molecular flexibility index (Phi) is 6.40. The zero-order chi connectivity index (χ0) is 20.1. The van der Waals surface area contributed by atoms with E-state index in [2.05, 4.69) is 10.2 Å². The van der Waals surface area contributed by atoms with Gasteiger partial charge in [0.2, 0.25) is 11.8 Å². The number of benzene rings is 1. The Balaban J connectivity index is 1.48. The number of nitrogens with zero attached hydrogens (tertiary/aromatic N) is 4. The predicted octanol–water partition coefficient (Wildman–Crippen LogP) is 0.624. The highest BCUT2D eigenvalue weighted by Crippen LogP contribution is 2.31. The topological polar surface area (TPSA) is 113 Å². The molecule has 0 radical (unpaired) electrons. The van der Waals surface area contributed by atoms with Crippen molar-refractivity contribution in [2.75, 3.05) is 26.0 Å². The third kappa shape index (κ3) is 4.94. The molecule has 1 atom stereocenters. The summed E-state index contributed by atoms with van der Waals surface area (Å²) in [5.74, 6) is 1.87. The maximum absolute atomic E-state index is 12.5. The molecule has 2 aromatic rings. The molecular weight excluding hydrogens is 382 g/mol. The van der Waals surface area contributed by atoms with Gasteiger partial charge in [-0.15, -0.1) is 10.2 Å². The maximum Gasteiger partial charge on any atom is 0.232 e. The average molecular weight is 405 g/mol. The van der Waals surface area contributed by atoms with Crippen LogP contribution in [0.2, 0.25) is 0 Å². The number of amides is 2. The number of thioether (sulfide) groups is 1. The van der Waals surface area contributed by atoms with Crippen molar-refractivity contribution in [1.82, 2.24) is 19.7 Å². The van der Waals surface area contributed by atoms with E-state index in [1.165, 1.54) is 11.8 Å². The molecule has 0 spiro atoms.